The third-order valence-electron chi connectivity index (χ3n) is 2.56. The highest BCUT2D eigenvalue weighted by Crippen LogP contribution is 2.17. The molecule has 6 heteroatoms. The Kier molecular flexibility index (Phi) is 3.92. The molecule has 0 saturated carbocycles. The number of benzene rings is 1. The van der Waals surface area contributed by atoms with Crippen molar-refractivity contribution in [3.63, 3.8) is 0 Å². The van der Waals surface area contributed by atoms with Crippen molar-refractivity contribution in [1.82, 2.24) is 10.5 Å². The van der Waals surface area contributed by atoms with E-state index in [0.29, 0.717) is 0 Å². The van der Waals surface area contributed by atoms with Gasteiger partial charge in [0.1, 0.15) is 6.26 Å². The van der Waals surface area contributed by atoms with Crippen molar-refractivity contribution in [2.75, 3.05) is 0 Å². The Hall–Kier alpha value is -2.63. The van der Waals surface area contributed by atoms with Crippen LogP contribution in [0.3, 0.4) is 0 Å². The van der Waals surface area contributed by atoms with Gasteiger partial charge in [-0.25, -0.2) is 0 Å². The number of carboxylic acid groups (broad SMARTS) is 1. The topological polar surface area (TPSA) is 92.4 Å². The van der Waals surface area contributed by atoms with E-state index >= 15 is 0 Å². The first kappa shape index (κ1) is 12.8. The average molecular weight is 260 g/mol. The van der Waals surface area contributed by atoms with Gasteiger partial charge in [0, 0.05) is 6.07 Å². The monoisotopic (exact) mass is 260 g/mol. The second-order valence-electron chi connectivity index (χ2n) is 3.92. The van der Waals surface area contributed by atoms with Gasteiger partial charge in [-0.15, -0.1) is 0 Å². The van der Waals surface area contributed by atoms with Crippen LogP contribution in [0.15, 0.2) is 47.2 Å². The van der Waals surface area contributed by atoms with Gasteiger partial charge in [0.2, 0.25) is 0 Å². The third-order valence-corrected chi connectivity index (χ3v) is 2.56. The number of hydrogen-bond acceptors (Lipinski definition) is 4. The lowest BCUT2D eigenvalue weighted by Gasteiger charge is -2.16. The second kappa shape index (κ2) is 5.81. The molecule has 2 rings (SSSR count). The normalized spacial score (nSPS) is 11.8. The van der Waals surface area contributed by atoms with Gasteiger partial charge in [0.25, 0.3) is 5.91 Å². The lowest BCUT2D eigenvalue weighted by Crippen LogP contribution is -2.30. The maximum absolute atomic E-state index is 11.8. The minimum Gasteiger partial charge on any atom is -0.481 e. The molecule has 0 aliphatic heterocycles. The molecule has 1 amide bonds. The molecular weight excluding hydrogens is 248 g/mol. The van der Waals surface area contributed by atoms with E-state index in [2.05, 4.69) is 15.0 Å². The number of carbonyl (C=O) groups is 2. The van der Waals surface area contributed by atoms with Gasteiger partial charge in [-0.05, 0) is 5.56 Å². The standard InChI is InChI=1S/C13H12N2O4/c16-12(17)8-11(9-4-2-1-3-5-9)14-13(18)10-6-7-19-15-10/h1-7,11H,8H2,(H,14,18)(H,16,17). The van der Waals surface area contributed by atoms with Crippen LogP contribution < -0.4 is 5.32 Å². The summed E-state index contributed by atoms with van der Waals surface area (Å²) >= 11 is 0. The summed E-state index contributed by atoms with van der Waals surface area (Å²) in [6, 6.07) is 9.72. The second-order valence-corrected chi connectivity index (χ2v) is 3.92. The number of nitrogens with zero attached hydrogens (tertiary/aromatic N) is 1. The number of rotatable bonds is 5. The number of aromatic nitrogens is 1. The van der Waals surface area contributed by atoms with E-state index in [-0.39, 0.29) is 12.1 Å². The summed E-state index contributed by atoms with van der Waals surface area (Å²) in [5, 5.41) is 15.0. The number of carbonyl (C=O) groups excluding carboxylic acids is 1. The van der Waals surface area contributed by atoms with Gasteiger partial charge in [0.15, 0.2) is 5.69 Å². The number of amides is 1. The maximum atomic E-state index is 11.8. The molecule has 2 aromatic rings. The molecule has 1 unspecified atom stereocenters. The molecule has 2 N–H and O–H groups in total. The van der Waals surface area contributed by atoms with Crippen LogP contribution in [-0.2, 0) is 4.79 Å². The molecule has 0 spiro atoms. The fourth-order valence-electron chi connectivity index (χ4n) is 1.67. The molecule has 19 heavy (non-hydrogen) atoms. The average Bonchev–Trinajstić information content (AvgIpc) is 2.92. The van der Waals surface area contributed by atoms with Crippen molar-refractivity contribution in [1.29, 1.82) is 0 Å². The summed E-state index contributed by atoms with van der Waals surface area (Å²) in [4.78, 5) is 22.7. The van der Waals surface area contributed by atoms with Crippen LogP contribution in [0.4, 0.5) is 0 Å². The SMILES string of the molecule is O=C(O)CC(NC(=O)c1ccon1)c1ccccc1. The molecule has 0 radical (unpaired) electrons. The van der Waals surface area contributed by atoms with Crippen molar-refractivity contribution in [3.8, 4) is 0 Å². The first-order valence-electron chi connectivity index (χ1n) is 5.65. The number of aliphatic carboxylic acids is 1. The fraction of sp³-hybridized carbons (Fsp3) is 0.154. The summed E-state index contributed by atoms with van der Waals surface area (Å²) in [5.41, 5.74) is 0.841. The van der Waals surface area contributed by atoms with Crippen LogP contribution in [-0.4, -0.2) is 22.1 Å². The largest absolute Gasteiger partial charge is 0.481 e. The number of carboxylic acids is 1. The van der Waals surface area contributed by atoms with Crippen molar-refractivity contribution in [2.45, 2.75) is 12.5 Å². The van der Waals surface area contributed by atoms with Crippen molar-refractivity contribution < 1.29 is 19.2 Å². The van der Waals surface area contributed by atoms with E-state index in [9.17, 15) is 9.59 Å². The highest BCUT2D eigenvalue weighted by Gasteiger charge is 2.19. The smallest absolute Gasteiger partial charge is 0.305 e. The lowest BCUT2D eigenvalue weighted by molar-refractivity contribution is -0.137. The van der Waals surface area contributed by atoms with Crippen molar-refractivity contribution in [2.24, 2.45) is 0 Å². The van der Waals surface area contributed by atoms with Crippen LogP contribution in [0.2, 0.25) is 0 Å². The summed E-state index contributed by atoms with van der Waals surface area (Å²) in [6.45, 7) is 0. The Labute approximate surface area is 109 Å². The van der Waals surface area contributed by atoms with Crippen LogP contribution in [0, 0.1) is 0 Å². The van der Waals surface area contributed by atoms with E-state index in [0.717, 1.165) is 5.56 Å². The molecular formula is C13H12N2O4. The van der Waals surface area contributed by atoms with Gasteiger partial charge in [-0.1, -0.05) is 35.5 Å². The molecule has 1 aromatic carbocycles. The van der Waals surface area contributed by atoms with Gasteiger partial charge in [-0.2, -0.15) is 0 Å². The third kappa shape index (κ3) is 3.41. The quantitative estimate of drug-likeness (QED) is 0.852. The first-order valence-corrected chi connectivity index (χ1v) is 5.65. The Bertz CT molecular complexity index is 551. The van der Waals surface area contributed by atoms with E-state index in [1.165, 1.54) is 12.3 Å². The Morgan fingerprint density at radius 2 is 2.00 bits per heavy atom. The Morgan fingerprint density at radius 1 is 1.26 bits per heavy atom. The summed E-state index contributed by atoms with van der Waals surface area (Å²) in [7, 11) is 0. The van der Waals surface area contributed by atoms with Crippen LogP contribution in [0.25, 0.3) is 0 Å². The lowest BCUT2D eigenvalue weighted by atomic mass is 10.0. The zero-order chi connectivity index (χ0) is 13.7. The van der Waals surface area contributed by atoms with Crippen molar-refractivity contribution in [3.05, 3.63) is 53.9 Å². The predicted octanol–water partition coefficient (Wildman–Crippen LogP) is 1.62. The van der Waals surface area contributed by atoms with Gasteiger partial charge in [-0.3, -0.25) is 9.59 Å². The van der Waals surface area contributed by atoms with E-state index in [1.807, 2.05) is 6.07 Å². The van der Waals surface area contributed by atoms with Gasteiger partial charge < -0.3 is 14.9 Å². The van der Waals surface area contributed by atoms with Crippen LogP contribution in [0.1, 0.15) is 28.5 Å². The van der Waals surface area contributed by atoms with Gasteiger partial charge in [0.05, 0.1) is 12.5 Å². The van der Waals surface area contributed by atoms with E-state index in [1.54, 1.807) is 24.3 Å². The first-order chi connectivity index (χ1) is 9.16. The van der Waals surface area contributed by atoms with E-state index in [4.69, 9.17) is 5.11 Å². The predicted molar refractivity (Wildman–Crippen MR) is 65.4 cm³/mol. The Morgan fingerprint density at radius 3 is 2.58 bits per heavy atom. The molecule has 0 bridgehead atoms. The molecule has 0 aliphatic carbocycles. The highest BCUT2D eigenvalue weighted by molar-refractivity contribution is 5.92. The molecule has 0 saturated heterocycles. The minimum atomic E-state index is -0.991. The summed E-state index contributed by atoms with van der Waals surface area (Å²) in [5.74, 6) is -1.46. The number of nitrogens with one attached hydrogen (secondary N) is 1. The highest BCUT2D eigenvalue weighted by atomic mass is 16.5. The van der Waals surface area contributed by atoms with E-state index < -0.39 is 17.9 Å². The molecule has 0 fully saturated rings. The molecule has 6 nitrogen and oxygen atoms in total. The van der Waals surface area contributed by atoms with Crippen molar-refractivity contribution >= 4 is 11.9 Å². The Balaban J connectivity index is 2.15. The fourth-order valence-corrected chi connectivity index (χ4v) is 1.67. The molecule has 0 aliphatic rings. The molecule has 1 atom stereocenters. The maximum Gasteiger partial charge on any atom is 0.305 e. The molecule has 98 valence electrons. The van der Waals surface area contributed by atoms with Crippen LogP contribution >= 0.6 is 0 Å². The molecule has 1 aromatic heterocycles. The zero-order valence-corrected chi connectivity index (χ0v) is 9.95. The molecule has 1 heterocycles. The van der Waals surface area contributed by atoms with Gasteiger partial charge >= 0.3 is 5.97 Å². The zero-order valence-electron chi connectivity index (χ0n) is 9.95. The minimum absolute atomic E-state index is 0.117. The summed E-state index contributed by atoms with van der Waals surface area (Å²) < 4.78 is 4.58. The summed E-state index contributed by atoms with van der Waals surface area (Å²) in [6.07, 6.45) is 1.08. The number of hydrogen-bond donors (Lipinski definition) is 2. The van der Waals surface area contributed by atoms with Crippen LogP contribution in [0.5, 0.6) is 0 Å².